The van der Waals surface area contributed by atoms with Gasteiger partial charge in [-0.25, -0.2) is 5.48 Å². The molecule has 0 aliphatic carbocycles. The number of hydrogen-bond acceptors (Lipinski definition) is 6. The fraction of sp³-hybridized carbons (Fsp3) is 0.333. The first kappa shape index (κ1) is 23.6. The highest BCUT2D eigenvalue weighted by molar-refractivity contribution is 5.97. The summed E-state index contributed by atoms with van der Waals surface area (Å²) >= 11 is 0. The van der Waals surface area contributed by atoms with E-state index < -0.39 is 11.9 Å². The number of nitrogens with zero attached hydrogens (tertiary/aromatic N) is 1. The number of carbonyl (C=O) groups excluding carboxylic acids is 2. The summed E-state index contributed by atoms with van der Waals surface area (Å²) < 4.78 is 5.39. The van der Waals surface area contributed by atoms with Gasteiger partial charge in [0.1, 0.15) is 6.04 Å². The fourth-order valence-electron chi connectivity index (χ4n) is 3.42. The molecule has 8 heteroatoms. The van der Waals surface area contributed by atoms with Gasteiger partial charge in [0, 0.05) is 31.7 Å². The molecule has 1 aliphatic rings. The van der Waals surface area contributed by atoms with Crippen LogP contribution in [0.15, 0.2) is 48.5 Å². The highest BCUT2D eigenvalue weighted by Gasteiger charge is 2.20. The summed E-state index contributed by atoms with van der Waals surface area (Å²) in [6.07, 6.45) is 4.02. The van der Waals surface area contributed by atoms with E-state index in [1.54, 1.807) is 24.7 Å². The van der Waals surface area contributed by atoms with Crippen LogP contribution in [0.4, 0.5) is 0 Å². The first-order valence-electron chi connectivity index (χ1n) is 10.7. The molecular formula is C24H30N4O4. The molecule has 0 unspecified atom stereocenters. The molecule has 0 spiro atoms. The molecule has 170 valence electrons. The standard InChI is InChI=1S/C24H30N4O4/c1-25-16-22(24(30)27-31)26-23(29)21-10-8-19(9-11-21)3-2-18-4-6-20(7-5-18)17-28-12-14-32-15-13-28/h2-11,22,25,31H,12-17H2,1H3,(H,26,29)(H,27,30)/b3-2+/t22-/m0/s1. The van der Waals surface area contributed by atoms with Gasteiger partial charge in [-0.15, -0.1) is 0 Å². The summed E-state index contributed by atoms with van der Waals surface area (Å²) in [5.41, 5.74) is 5.33. The third kappa shape index (κ3) is 7.00. The molecule has 3 rings (SSSR count). The van der Waals surface area contributed by atoms with E-state index in [1.807, 2.05) is 24.3 Å². The smallest absolute Gasteiger partial charge is 0.267 e. The number of nitrogens with one attached hydrogen (secondary N) is 3. The Balaban J connectivity index is 1.55. The highest BCUT2D eigenvalue weighted by Crippen LogP contribution is 2.13. The molecule has 1 heterocycles. The Morgan fingerprint density at radius 1 is 1.03 bits per heavy atom. The zero-order valence-electron chi connectivity index (χ0n) is 18.2. The van der Waals surface area contributed by atoms with Crippen molar-refractivity contribution >= 4 is 24.0 Å². The zero-order chi connectivity index (χ0) is 22.8. The van der Waals surface area contributed by atoms with Gasteiger partial charge in [0.2, 0.25) is 0 Å². The van der Waals surface area contributed by atoms with Crippen molar-refractivity contribution in [1.29, 1.82) is 0 Å². The lowest BCUT2D eigenvalue weighted by Crippen LogP contribution is -2.50. The van der Waals surface area contributed by atoms with Crippen molar-refractivity contribution in [3.05, 3.63) is 70.8 Å². The minimum Gasteiger partial charge on any atom is -0.379 e. The molecule has 1 fully saturated rings. The van der Waals surface area contributed by atoms with Crippen LogP contribution in [0.1, 0.15) is 27.0 Å². The molecule has 2 aromatic carbocycles. The van der Waals surface area contributed by atoms with Crippen LogP contribution in [0.3, 0.4) is 0 Å². The van der Waals surface area contributed by atoms with Crippen LogP contribution >= 0.6 is 0 Å². The van der Waals surface area contributed by atoms with Crippen molar-refractivity contribution in [2.75, 3.05) is 39.9 Å². The number of ether oxygens (including phenoxy) is 1. The number of hydrogen-bond donors (Lipinski definition) is 4. The van der Waals surface area contributed by atoms with Crippen LogP contribution in [-0.2, 0) is 16.1 Å². The summed E-state index contributed by atoms with van der Waals surface area (Å²) in [6, 6.07) is 14.7. The van der Waals surface area contributed by atoms with E-state index in [0.717, 1.165) is 44.0 Å². The number of carbonyl (C=O) groups is 2. The lowest BCUT2D eigenvalue weighted by atomic mass is 10.1. The van der Waals surface area contributed by atoms with Crippen LogP contribution in [0.5, 0.6) is 0 Å². The van der Waals surface area contributed by atoms with Crippen molar-refractivity contribution < 1.29 is 19.5 Å². The average molecular weight is 439 g/mol. The number of rotatable bonds is 9. The van der Waals surface area contributed by atoms with Gasteiger partial charge in [-0.1, -0.05) is 48.6 Å². The van der Waals surface area contributed by atoms with Crippen molar-refractivity contribution in [3.63, 3.8) is 0 Å². The number of likely N-dealkylation sites (N-methyl/N-ethyl adjacent to an activating group) is 1. The average Bonchev–Trinajstić information content (AvgIpc) is 2.83. The second-order valence-electron chi connectivity index (χ2n) is 7.65. The van der Waals surface area contributed by atoms with E-state index in [1.165, 1.54) is 5.56 Å². The number of hydroxylamine groups is 1. The normalized spacial score (nSPS) is 15.4. The monoisotopic (exact) mass is 438 g/mol. The van der Waals surface area contributed by atoms with Gasteiger partial charge in [-0.2, -0.15) is 0 Å². The van der Waals surface area contributed by atoms with Crippen molar-refractivity contribution in [1.82, 2.24) is 21.0 Å². The molecule has 2 aromatic rings. The molecule has 1 saturated heterocycles. The zero-order valence-corrected chi connectivity index (χ0v) is 18.2. The predicted octanol–water partition coefficient (Wildman–Crippen LogP) is 1.51. The summed E-state index contributed by atoms with van der Waals surface area (Å²) in [4.78, 5) is 26.4. The van der Waals surface area contributed by atoms with Gasteiger partial charge in [0.15, 0.2) is 0 Å². The molecule has 2 amide bonds. The van der Waals surface area contributed by atoms with Crippen LogP contribution < -0.4 is 16.1 Å². The summed E-state index contributed by atoms with van der Waals surface area (Å²) in [7, 11) is 1.66. The van der Waals surface area contributed by atoms with Crippen LogP contribution in [0.25, 0.3) is 12.2 Å². The number of benzene rings is 2. The second-order valence-corrected chi connectivity index (χ2v) is 7.65. The molecule has 4 N–H and O–H groups in total. The molecule has 0 radical (unpaired) electrons. The fourth-order valence-corrected chi connectivity index (χ4v) is 3.42. The maximum atomic E-state index is 12.4. The topological polar surface area (TPSA) is 103 Å². The van der Waals surface area contributed by atoms with Crippen molar-refractivity contribution in [2.24, 2.45) is 0 Å². The Labute approximate surface area is 188 Å². The van der Waals surface area contributed by atoms with Gasteiger partial charge in [-0.05, 0) is 35.9 Å². The van der Waals surface area contributed by atoms with E-state index in [9.17, 15) is 9.59 Å². The third-order valence-electron chi connectivity index (χ3n) is 5.27. The van der Waals surface area contributed by atoms with E-state index in [4.69, 9.17) is 9.94 Å². The summed E-state index contributed by atoms with van der Waals surface area (Å²) in [5.74, 6) is -1.07. The maximum absolute atomic E-state index is 12.4. The number of amides is 2. The largest absolute Gasteiger partial charge is 0.379 e. The second kappa shape index (κ2) is 12.1. The van der Waals surface area contributed by atoms with E-state index >= 15 is 0 Å². The molecule has 0 bridgehead atoms. The Morgan fingerprint density at radius 2 is 1.62 bits per heavy atom. The van der Waals surface area contributed by atoms with Crippen LogP contribution in [-0.4, -0.2) is 67.9 Å². The Bertz CT molecular complexity index is 907. The first-order valence-corrected chi connectivity index (χ1v) is 10.7. The van der Waals surface area contributed by atoms with E-state index in [-0.39, 0.29) is 12.5 Å². The summed E-state index contributed by atoms with van der Waals surface area (Å²) in [5, 5.41) is 14.2. The minimum atomic E-state index is -0.872. The third-order valence-corrected chi connectivity index (χ3v) is 5.27. The quantitative estimate of drug-likeness (QED) is 0.269. The van der Waals surface area contributed by atoms with Gasteiger partial charge >= 0.3 is 0 Å². The van der Waals surface area contributed by atoms with Gasteiger partial charge in [0.05, 0.1) is 13.2 Å². The van der Waals surface area contributed by atoms with E-state index in [0.29, 0.717) is 5.56 Å². The highest BCUT2D eigenvalue weighted by atomic mass is 16.5. The lowest BCUT2D eigenvalue weighted by Gasteiger charge is -2.26. The molecule has 8 nitrogen and oxygen atoms in total. The van der Waals surface area contributed by atoms with Gasteiger partial charge in [0.25, 0.3) is 11.8 Å². The van der Waals surface area contributed by atoms with Crippen molar-refractivity contribution in [3.8, 4) is 0 Å². The van der Waals surface area contributed by atoms with Crippen LogP contribution in [0, 0.1) is 0 Å². The Hall–Kier alpha value is -3.04. The Morgan fingerprint density at radius 3 is 2.19 bits per heavy atom. The SMILES string of the molecule is CNC[C@H](NC(=O)c1ccc(/C=C/c2ccc(CN3CCOCC3)cc2)cc1)C(=O)NO. The van der Waals surface area contributed by atoms with Crippen molar-refractivity contribution in [2.45, 2.75) is 12.6 Å². The molecule has 0 aromatic heterocycles. The number of morpholine rings is 1. The lowest BCUT2D eigenvalue weighted by molar-refractivity contribution is -0.131. The predicted molar refractivity (Wildman–Crippen MR) is 123 cm³/mol. The molecule has 0 saturated carbocycles. The maximum Gasteiger partial charge on any atom is 0.267 e. The minimum absolute atomic E-state index is 0.199. The van der Waals surface area contributed by atoms with Gasteiger partial charge in [-0.3, -0.25) is 19.7 Å². The molecule has 32 heavy (non-hydrogen) atoms. The Kier molecular flexibility index (Phi) is 8.94. The first-order chi connectivity index (χ1) is 15.6. The molecule has 1 atom stereocenters. The molecule has 1 aliphatic heterocycles. The summed E-state index contributed by atoms with van der Waals surface area (Å²) in [6.45, 7) is 4.68. The molecular weight excluding hydrogens is 408 g/mol. The van der Waals surface area contributed by atoms with Gasteiger partial charge < -0.3 is 15.4 Å². The van der Waals surface area contributed by atoms with Crippen LogP contribution in [0.2, 0.25) is 0 Å². The van der Waals surface area contributed by atoms with E-state index in [2.05, 4.69) is 39.8 Å².